The minimum absolute atomic E-state index is 0.0180. The van der Waals surface area contributed by atoms with E-state index in [0.717, 1.165) is 0 Å². The lowest BCUT2D eigenvalue weighted by Gasteiger charge is -2.26. The van der Waals surface area contributed by atoms with E-state index in [1.54, 1.807) is 44.0 Å². The van der Waals surface area contributed by atoms with E-state index in [4.69, 9.17) is 13.9 Å². The van der Waals surface area contributed by atoms with Gasteiger partial charge in [0.25, 0.3) is 5.91 Å². The summed E-state index contributed by atoms with van der Waals surface area (Å²) in [5.74, 6) is 1.69. The van der Waals surface area contributed by atoms with Gasteiger partial charge in [-0.25, -0.2) is 4.79 Å². The molecule has 1 amide bonds. The minimum Gasteiger partial charge on any atom is -0.485 e. The number of amides is 1. The van der Waals surface area contributed by atoms with Gasteiger partial charge in [0.15, 0.2) is 29.2 Å². The van der Waals surface area contributed by atoms with Crippen LogP contribution < -0.4 is 15.1 Å². The fraction of sp³-hybridized carbons (Fsp3) is 0.300. The Bertz CT molecular complexity index is 1120. The minimum atomic E-state index is -0.711. The van der Waals surface area contributed by atoms with Crippen LogP contribution in [0.15, 0.2) is 45.9 Å². The standard InChI is InChI=1S/C20H20N4O5/c1-12-8-15(16-10-27-13-6-4-5-7-14(13)28-16)29-20(26)18(12)19(25)23(2)9-17-22-21-11-24(17)3/h4-8,11,16H,9-10H2,1-3H3. The second-order valence-corrected chi connectivity index (χ2v) is 6.88. The molecule has 150 valence electrons. The summed E-state index contributed by atoms with van der Waals surface area (Å²) in [5.41, 5.74) is -0.221. The molecule has 1 aliphatic rings. The zero-order valence-electron chi connectivity index (χ0n) is 16.3. The number of fused-ring (bicyclic) bond motifs is 1. The third-order valence-corrected chi connectivity index (χ3v) is 4.74. The molecule has 1 unspecified atom stereocenters. The first kappa shape index (κ1) is 18.7. The molecular weight excluding hydrogens is 376 g/mol. The predicted molar refractivity (Wildman–Crippen MR) is 102 cm³/mol. The summed E-state index contributed by atoms with van der Waals surface area (Å²) < 4.78 is 18.7. The van der Waals surface area contributed by atoms with E-state index in [9.17, 15) is 9.59 Å². The van der Waals surface area contributed by atoms with E-state index < -0.39 is 17.6 Å². The van der Waals surface area contributed by atoms with E-state index in [1.165, 1.54) is 4.90 Å². The molecule has 4 rings (SSSR count). The van der Waals surface area contributed by atoms with Crippen molar-refractivity contribution >= 4 is 5.91 Å². The first-order valence-electron chi connectivity index (χ1n) is 9.05. The third kappa shape index (κ3) is 3.58. The molecule has 3 heterocycles. The highest BCUT2D eigenvalue weighted by molar-refractivity contribution is 5.94. The molecule has 1 atom stereocenters. The highest BCUT2D eigenvalue weighted by atomic mass is 16.6. The van der Waals surface area contributed by atoms with Crippen molar-refractivity contribution in [3.05, 3.63) is 69.8 Å². The molecule has 0 aliphatic carbocycles. The van der Waals surface area contributed by atoms with Crippen LogP contribution in [0.2, 0.25) is 0 Å². The monoisotopic (exact) mass is 396 g/mol. The highest BCUT2D eigenvalue weighted by Crippen LogP contribution is 2.35. The molecule has 3 aromatic rings. The van der Waals surface area contributed by atoms with Gasteiger partial charge in [0.2, 0.25) is 0 Å². The van der Waals surface area contributed by atoms with Crippen LogP contribution in [0.25, 0.3) is 0 Å². The summed E-state index contributed by atoms with van der Waals surface area (Å²) in [6, 6.07) is 8.92. The average Bonchev–Trinajstić information content (AvgIpc) is 3.11. The van der Waals surface area contributed by atoms with Gasteiger partial charge < -0.3 is 23.4 Å². The number of hydrogen-bond acceptors (Lipinski definition) is 7. The smallest absolute Gasteiger partial charge is 0.349 e. The van der Waals surface area contributed by atoms with Gasteiger partial charge in [0.05, 0.1) is 6.54 Å². The lowest BCUT2D eigenvalue weighted by molar-refractivity contribution is 0.0707. The Kier molecular flexibility index (Phi) is 4.79. The van der Waals surface area contributed by atoms with Gasteiger partial charge in [-0.2, -0.15) is 0 Å². The Balaban J connectivity index is 1.57. The van der Waals surface area contributed by atoms with E-state index in [0.29, 0.717) is 28.6 Å². The van der Waals surface area contributed by atoms with Crippen LogP contribution in [0.3, 0.4) is 0 Å². The summed E-state index contributed by atoms with van der Waals surface area (Å²) >= 11 is 0. The van der Waals surface area contributed by atoms with Crippen molar-refractivity contribution in [3.8, 4) is 11.5 Å². The molecule has 9 nitrogen and oxygen atoms in total. The van der Waals surface area contributed by atoms with Crippen molar-refractivity contribution in [2.75, 3.05) is 13.7 Å². The number of nitrogens with zero attached hydrogens (tertiary/aromatic N) is 4. The van der Waals surface area contributed by atoms with Crippen LogP contribution in [0.5, 0.6) is 11.5 Å². The summed E-state index contributed by atoms with van der Waals surface area (Å²) in [7, 11) is 3.38. The Labute approximate surface area is 166 Å². The predicted octanol–water partition coefficient (Wildman–Crippen LogP) is 1.86. The lowest BCUT2D eigenvalue weighted by Crippen LogP contribution is -2.33. The molecule has 0 N–H and O–H groups in total. The van der Waals surface area contributed by atoms with Gasteiger partial charge >= 0.3 is 5.63 Å². The number of ether oxygens (including phenoxy) is 2. The summed E-state index contributed by atoms with van der Waals surface area (Å²) in [6.07, 6.45) is 0.976. The van der Waals surface area contributed by atoms with Gasteiger partial charge in [-0.3, -0.25) is 4.79 Å². The van der Waals surface area contributed by atoms with Gasteiger partial charge in [0.1, 0.15) is 18.5 Å². The number of carbonyl (C=O) groups is 1. The Morgan fingerprint density at radius 3 is 2.76 bits per heavy atom. The van der Waals surface area contributed by atoms with Crippen LogP contribution in [-0.2, 0) is 13.6 Å². The van der Waals surface area contributed by atoms with Crippen molar-refractivity contribution in [2.24, 2.45) is 7.05 Å². The Morgan fingerprint density at radius 1 is 1.31 bits per heavy atom. The Morgan fingerprint density at radius 2 is 2.07 bits per heavy atom. The molecule has 2 aromatic heterocycles. The second kappa shape index (κ2) is 7.42. The van der Waals surface area contributed by atoms with Gasteiger partial charge in [-0.05, 0) is 30.7 Å². The summed E-state index contributed by atoms with van der Waals surface area (Å²) in [5, 5.41) is 7.75. The SMILES string of the molecule is Cc1cc(C2COc3ccccc3O2)oc(=O)c1C(=O)N(C)Cc1nncn1C. The number of carbonyl (C=O) groups excluding carboxylic acids is 1. The van der Waals surface area contributed by atoms with Crippen molar-refractivity contribution in [2.45, 2.75) is 19.6 Å². The quantitative estimate of drug-likeness (QED) is 0.664. The number of aryl methyl sites for hydroxylation is 2. The second-order valence-electron chi connectivity index (χ2n) is 6.88. The highest BCUT2D eigenvalue weighted by Gasteiger charge is 2.28. The molecule has 29 heavy (non-hydrogen) atoms. The van der Waals surface area contributed by atoms with Crippen LogP contribution in [0, 0.1) is 6.92 Å². The fourth-order valence-corrected chi connectivity index (χ4v) is 3.13. The number of benzene rings is 1. The van der Waals surface area contributed by atoms with E-state index in [-0.39, 0.29) is 18.7 Å². The molecule has 0 saturated heterocycles. The largest absolute Gasteiger partial charge is 0.485 e. The average molecular weight is 396 g/mol. The summed E-state index contributed by atoms with van der Waals surface area (Å²) in [4.78, 5) is 26.9. The number of aromatic nitrogens is 3. The van der Waals surface area contributed by atoms with E-state index in [2.05, 4.69) is 10.2 Å². The molecule has 9 heteroatoms. The maximum Gasteiger partial charge on any atom is 0.349 e. The lowest BCUT2D eigenvalue weighted by atomic mass is 10.1. The van der Waals surface area contributed by atoms with Crippen molar-refractivity contribution < 1.29 is 18.7 Å². The maximum atomic E-state index is 12.8. The van der Waals surface area contributed by atoms with Gasteiger partial charge in [-0.1, -0.05) is 12.1 Å². The normalized spacial score (nSPS) is 15.2. The third-order valence-electron chi connectivity index (χ3n) is 4.74. The van der Waals surface area contributed by atoms with Gasteiger partial charge in [0, 0.05) is 14.1 Å². The maximum absolute atomic E-state index is 12.8. The zero-order valence-corrected chi connectivity index (χ0v) is 16.3. The Hall–Kier alpha value is -3.62. The molecule has 0 spiro atoms. The van der Waals surface area contributed by atoms with E-state index in [1.807, 2.05) is 18.2 Å². The fourth-order valence-electron chi connectivity index (χ4n) is 3.13. The molecular formula is C20H20N4O5. The van der Waals surface area contributed by atoms with Crippen LogP contribution in [0.4, 0.5) is 0 Å². The number of hydrogen-bond donors (Lipinski definition) is 0. The molecule has 0 bridgehead atoms. The van der Waals surface area contributed by atoms with Crippen LogP contribution in [0.1, 0.15) is 33.6 Å². The first-order valence-corrected chi connectivity index (χ1v) is 9.05. The number of para-hydroxylation sites is 2. The number of rotatable bonds is 4. The topological polar surface area (TPSA) is 99.7 Å². The molecule has 0 saturated carbocycles. The molecule has 1 aliphatic heterocycles. The van der Waals surface area contributed by atoms with Crippen molar-refractivity contribution in [3.63, 3.8) is 0 Å². The van der Waals surface area contributed by atoms with Crippen molar-refractivity contribution in [1.82, 2.24) is 19.7 Å². The van der Waals surface area contributed by atoms with Crippen LogP contribution >= 0.6 is 0 Å². The molecule has 0 radical (unpaired) electrons. The van der Waals surface area contributed by atoms with Crippen molar-refractivity contribution in [1.29, 1.82) is 0 Å². The summed E-state index contributed by atoms with van der Waals surface area (Å²) in [6.45, 7) is 2.12. The zero-order chi connectivity index (χ0) is 20.5. The molecule has 0 fully saturated rings. The molecule has 1 aromatic carbocycles. The van der Waals surface area contributed by atoms with E-state index >= 15 is 0 Å². The van der Waals surface area contributed by atoms with Crippen LogP contribution in [-0.4, -0.2) is 39.2 Å². The first-order chi connectivity index (χ1) is 13.9. The van der Waals surface area contributed by atoms with Gasteiger partial charge in [-0.15, -0.1) is 10.2 Å².